The lowest BCUT2D eigenvalue weighted by molar-refractivity contribution is 0.162. The zero-order valence-electron chi connectivity index (χ0n) is 11.6. The van der Waals surface area contributed by atoms with Crippen LogP contribution in [0.15, 0.2) is 35.2 Å². The number of aliphatic hydroxyl groups excluding tert-OH is 1. The number of aromatic nitrogens is 2. The molecule has 6 nitrogen and oxygen atoms in total. The van der Waals surface area contributed by atoms with Crippen LogP contribution in [0.3, 0.4) is 0 Å². The van der Waals surface area contributed by atoms with Gasteiger partial charge in [0.25, 0.3) is 0 Å². The van der Waals surface area contributed by atoms with Crippen molar-refractivity contribution in [2.24, 2.45) is 5.92 Å². The summed E-state index contributed by atoms with van der Waals surface area (Å²) in [6, 6.07) is 3.46. The maximum Gasteiger partial charge on any atom is 0.234 e. The maximum absolute atomic E-state index is 9.88. The van der Waals surface area contributed by atoms with E-state index in [1.165, 1.54) is 6.26 Å². The maximum atomic E-state index is 9.88. The van der Waals surface area contributed by atoms with Crippen molar-refractivity contribution >= 4 is 5.82 Å². The van der Waals surface area contributed by atoms with Crippen molar-refractivity contribution < 1.29 is 14.3 Å². The largest absolute Gasteiger partial charge is 0.476 e. The molecule has 0 amide bonds. The molecule has 2 aromatic rings. The summed E-state index contributed by atoms with van der Waals surface area (Å²) in [6.07, 6.45) is 3.94. The topological polar surface area (TPSA) is 80.4 Å². The Labute approximate surface area is 117 Å². The van der Waals surface area contributed by atoms with E-state index in [1.807, 2.05) is 0 Å². The van der Waals surface area contributed by atoms with Gasteiger partial charge in [0.15, 0.2) is 0 Å². The van der Waals surface area contributed by atoms with Crippen molar-refractivity contribution in [3.63, 3.8) is 0 Å². The molecule has 0 spiro atoms. The summed E-state index contributed by atoms with van der Waals surface area (Å²) in [5, 5.41) is 12.9. The quantitative estimate of drug-likeness (QED) is 0.808. The molecule has 0 radical (unpaired) electrons. The fourth-order valence-electron chi connectivity index (χ4n) is 1.54. The van der Waals surface area contributed by atoms with E-state index in [2.05, 4.69) is 29.1 Å². The molecule has 0 bridgehead atoms. The average molecular weight is 277 g/mol. The van der Waals surface area contributed by atoms with Gasteiger partial charge in [0.05, 0.1) is 25.3 Å². The molecule has 0 saturated heterocycles. The van der Waals surface area contributed by atoms with Gasteiger partial charge in [0.2, 0.25) is 5.88 Å². The number of aliphatic hydroxyl groups is 1. The zero-order valence-corrected chi connectivity index (χ0v) is 11.6. The predicted octanol–water partition coefficient (Wildman–Crippen LogP) is 2.25. The van der Waals surface area contributed by atoms with Crippen LogP contribution >= 0.6 is 0 Å². The highest BCUT2D eigenvalue weighted by molar-refractivity contribution is 5.33. The van der Waals surface area contributed by atoms with E-state index >= 15 is 0 Å². The number of nitrogens with one attached hydrogen (secondary N) is 1. The summed E-state index contributed by atoms with van der Waals surface area (Å²) < 4.78 is 10.6. The van der Waals surface area contributed by atoms with Crippen molar-refractivity contribution in [3.05, 3.63) is 36.5 Å². The first-order valence-electron chi connectivity index (χ1n) is 6.55. The number of hydrogen-bond acceptors (Lipinski definition) is 6. The molecule has 2 heterocycles. The standard InChI is InChI=1S/C14H19N3O3/c1-10(2)9-20-14-8-15-7-13(17-14)16-6-11(18)12-4-3-5-19-12/h3-5,7-8,10-11,18H,6,9H2,1-2H3,(H,16,17)/t11-/m1/s1. The van der Waals surface area contributed by atoms with Gasteiger partial charge in [-0.2, -0.15) is 4.98 Å². The average Bonchev–Trinajstić information content (AvgIpc) is 2.97. The third kappa shape index (κ3) is 4.24. The van der Waals surface area contributed by atoms with E-state index in [0.29, 0.717) is 30.0 Å². The van der Waals surface area contributed by atoms with Crippen LogP contribution < -0.4 is 10.1 Å². The first-order chi connectivity index (χ1) is 9.65. The van der Waals surface area contributed by atoms with Crippen molar-refractivity contribution in [2.45, 2.75) is 20.0 Å². The van der Waals surface area contributed by atoms with Crippen molar-refractivity contribution in [3.8, 4) is 5.88 Å². The summed E-state index contributed by atoms with van der Waals surface area (Å²) in [4.78, 5) is 8.31. The van der Waals surface area contributed by atoms with Crippen molar-refractivity contribution in [1.29, 1.82) is 0 Å². The van der Waals surface area contributed by atoms with E-state index in [0.717, 1.165) is 0 Å². The van der Waals surface area contributed by atoms with Gasteiger partial charge in [0.1, 0.15) is 17.7 Å². The minimum atomic E-state index is -0.730. The van der Waals surface area contributed by atoms with E-state index < -0.39 is 6.10 Å². The molecular formula is C14H19N3O3. The first kappa shape index (κ1) is 14.3. The molecule has 2 aromatic heterocycles. The van der Waals surface area contributed by atoms with Crippen molar-refractivity contribution in [1.82, 2.24) is 9.97 Å². The number of furan rings is 1. The van der Waals surface area contributed by atoms with E-state index in [9.17, 15) is 5.11 Å². The highest BCUT2D eigenvalue weighted by Gasteiger charge is 2.10. The third-order valence-electron chi connectivity index (χ3n) is 2.53. The number of nitrogens with zero attached hydrogens (tertiary/aromatic N) is 2. The lowest BCUT2D eigenvalue weighted by Crippen LogP contribution is -2.13. The van der Waals surface area contributed by atoms with Crippen LogP contribution in [0, 0.1) is 5.92 Å². The summed E-state index contributed by atoms with van der Waals surface area (Å²) in [5.41, 5.74) is 0. The van der Waals surface area contributed by atoms with E-state index in [-0.39, 0.29) is 6.54 Å². The van der Waals surface area contributed by atoms with Gasteiger partial charge in [0, 0.05) is 6.54 Å². The predicted molar refractivity (Wildman–Crippen MR) is 74.5 cm³/mol. The Morgan fingerprint density at radius 1 is 1.40 bits per heavy atom. The van der Waals surface area contributed by atoms with Gasteiger partial charge < -0.3 is 19.6 Å². The van der Waals surface area contributed by atoms with Gasteiger partial charge in [-0.3, -0.25) is 4.98 Å². The second-order valence-electron chi connectivity index (χ2n) is 4.86. The van der Waals surface area contributed by atoms with E-state index in [1.54, 1.807) is 24.5 Å². The second-order valence-corrected chi connectivity index (χ2v) is 4.86. The molecule has 1 atom stereocenters. The van der Waals surface area contributed by atoms with Crippen LogP contribution in [0.4, 0.5) is 5.82 Å². The summed E-state index contributed by atoms with van der Waals surface area (Å²) in [7, 11) is 0. The molecule has 0 aliphatic rings. The lowest BCUT2D eigenvalue weighted by atomic mass is 10.2. The minimum absolute atomic E-state index is 0.288. The van der Waals surface area contributed by atoms with Crippen LogP contribution in [-0.4, -0.2) is 28.2 Å². The highest BCUT2D eigenvalue weighted by atomic mass is 16.5. The minimum Gasteiger partial charge on any atom is -0.476 e. The molecular weight excluding hydrogens is 258 g/mol. The van der Waals surface area contributed by atoms with Gasteiger partial charge >= 0.3 is 0 Å². The number of rotatable bonds is 7. The Hall–Kier alpha value is -2.08. The Morgan fingerprint density at radius 3 is 2.95 bits per heavy atom. The Bertz CT molecular complexity index is 514. The van der Waals surface area contributed by atoms with Crippen LogP contribution in [0.25, 0.3) is 0 Å². The summed E-state index contributed by atoms with van der Waals surface area (Å²) in [6.45, 7) is 5.01. The van der Waals surface area contributed by atoms with Crippen LogP contribution in [0.2, 0.25) is 0 Å². The molecule has 0 saturated carbocycles. The van der Waals surface area contributed by atoms with Crippen LogP contribution in [-0.2, 0) is 0 Å². The van der Waals surface area contributed by atoms with Gasteiger partial charge in [-0.15, -0.1) is 0 Å². The first-order valence-corrected chi connectivity index (χ1v) is 6.55. The number of anilines is 1. The molecule has 0 fully saturated rings. The summed E-state index contributed by atoms with van der Waals surface area (Å²) in [5.74, 6) is 1.96. The zero-order chi connectivity index (χ0) is 14.4. The Balaban J connectivity index is 1.88. The van der Waals surface area contributed by atoms with Gasteiger partial charge in [-0.25, -0.2) is 0 Å². The molecule has 2 N–H and O–H groups in total. The second kappa shape index (κ2) is 6.91. The van der Waals surface area contributed by atoms with E-state index in [4.69, 9.17) is 9.15 Å². The van der Waals surface area contributed by atoms with Crippen molar-refractivity contribution in [2.75, 3.05) is 18.5 Å². The third-order valence-corrected chi connectivity index (χ3v) is 2.53. The number of ether oxygens (including phenoxy) is 1. The Kier molecular flexibility index (Phi) is 4.95. The van der Waals surface area contributed by atoms with Crippen LogP contribution in [0.1, 0.15) is 25.7 Å². The fraction of sp³-hybridized carbons (Fsp3) is 0.429. The molecule has 20 heavy (non-hydrogen) atoms. The normalized spacial score (nSPS) is 12.4. The number of hydrogen-bond donors (Lipinski definition) is 2. The molecule has 108 valence electrons. The van der Waals surface area contributed by atoms with Gasteiger partial charge in [-0.05, 0) is 18.1 Å². The SMILES string of the molecule is CC(C)COc1cncc(NC[C@@H](O)c2ccco2)n1. The molecule has 6 heteroatoms. The van der Waals surface area contributed by atoms with Gasteiger partial charge in [-0.1, -0.05) is 13.8 Å². The summed E-state index contributed by atoms with van der Waals surface area (Å²) >= 11 is 0. The molecule has 2 rings (SSSR count). The molecule has 0 aliphatic carbocycles. The highest BCUT2D eigenvalue weighted by Crippen LogP contribution is 2.15. The van der Waals surface area contributed by atoms with Crippen LogP contribution in [0.5, 0.6) is 5.88 Å². The molecule has 0 aliphatic heterocycles. The lowest BCUT2D eigenvalue weighted by Gasteiger charge is -2.11. The Morgan fingerprint density at radius 2 is 2.25 bits per heavy atom. The molecule has 0 aromatic carbocycles. The monoisotopic (exact) mass is 277 g/mol. The molecule has 0 unspecified atom stereocenters. The fourth-order valence-corrected chi connectivity index (χ4v) is 1.54. The smallest absolute Gasteiger partial charge is 0.234 e.